The third-order valence-corrected chi connectivity index (χ3v) is 3.52. The fourth-order valence-electron chi connectivity index (χ4n) is 2.11. The summed E-state index contributed by atoms with van der Waals surface area (Å²) in [6, 6.07) is 2.18. The van der Waals surface area contributed by atoms with Gasteiger partial charge >= 0.3 is 5.97 Å². The second kappa shape index (κ2) is 4.72. The van der Waals surface area contributed by atoms with E-state index in [-0.39, 0.29) is 0 Å². The van der Waals surface area contributed by atoms with Crippen LogP contribution in [0.5, 0.6) is 0 Å². The maximum absolute atomic E-state index is 10.9. The summed E-state index contributed by atoms with van der Waals surface area (Å²) in [5, 5.41) is 28.8. The van der Waals surface area contributed by atoms with Crippen LogP contribution < -0.4 is 0 Å². The predicted octanol–water partition coefficient (Wildman–Crippen LogP) is 2.10. The Morgan fingerprint density at radius 1 is 1.37 bits per heavy atom. The van der Waals surface area contributed by atoms with Crippen LogP contribution in [0.1, 0.15) is 40.5 Å². The van der Waals surface area contributed by atoms with Gasteiger partial charge in [0.25, 0.3) is 0 Å². The van der Waals surface area contributed by atoms with Crippen LogP contribution in [0.25, 0.3) is 0 Å². The molecule has 0 unspecified atom stereocenters. The third kappa shape index (κ3) is 2.80. The molecule has 0 heterocycles. The molecule has 1 saturated carbocycles. The first-order valence-corrected chi connectivity index (χ1v) is 6.16. The lowest BCUT2D eigenvalue weighted by atomic mass is 9.67. The van der Waals surface area contributed by atoms with Crippen molar-refractivity contribution in [3.8, 4) is 17.9 Å². The lowest BCUT2D eigenvalue weighted by Crippen LogP contribution is -2.49. The van der Waals surface area contributed by atoms with E-state index < -0.39 is 22.4 Å². The Labute approximate surface area is 113 Å². The minimum absolute atomic E-state index is 0.351. The van der Waals surface area contributed by atoms with Gasteiger partial charge in [0.1, 0.15) is 5.60 Å². The Morgan fingerprint density at radius 3 is 2.21 bits per heavy atom. The lowest BCUT2D eigenvalue weighted by Gasteiger charge is -2.39. The summed E-state index contributed by atoms with van der Waals surface area (Å²) < 4.78 is 0. The van der Waals surface area contributed by atoms with Gasteiger partial charge in [0.05, 0.1) is 11.5 Å². The van der Waals surface area contributed by atoms with E-state index in [4.69, 9.17) is 5.11 Å². The fourth-order valence-corrected chi connectivity index (χ4v) is 2.11. The van der Waals surface area contributed by atoms with Gasteiger partial charge in [-0.2, -0.15) is 5.26 Å². The van der Waals surface area contributed by atoms with Gasteiger partial charge in [-0.3, -0.25) is 0 Å². The summed E-state index contributed by atoms with van der Waals surface area (Å²) in [7, 11) is 0. The number of nitrogens with zero attached hydrogens (tertiary/aromatic N) is 1. The predicted molar refractivity (Wildman–Crippen MR) is 70.9 cm³/mol. The molecule has 4 nitrogen and oxygen atoms in total. The number of carbonyl (C=O) groups is 1. The van der Waals surface area contributed by atoms with E-state index in [9.17, 15) is 15.2 Å². The van der Waals surface area contributed by atoms with Crippen molar-refractivity contribution in [3.63, 3.8) is 0 Å². The molecule has 0 spiro atoms. The summed E-state index contributed by atoms with van der Waals surface area (Å²) in [5.41, 5.74) is -2.51. The zero-order chi connectivity index (χ0) is 14.9. The number of hydrogen-bond acceptors (Lipinski definition) is 3. The van der Waals surface area contributed by atoms with Crippen LogP contribution in [0.4, 0.5) is 0 Å². The second-order valence-corrected chi connectivity index (χ2v) is 6.07. The van der Waals surface area contributed by atoms with Gasteiger partial charge in [0.2, 0.25) is 0 Å². The molecule has 0 aromatic heterocycles. The maximum atomic E-state index is 10.9. The van der Waals surface area contributed by atoms with Crippen molar-refractivity contribution in [2.75, 3.05) is 0 Å². The average Bonchev–Trinajstić information content (AvgIpc) is 3.04. The topological polar surface area (TPSA) is 81.3 Å². The monoisotopic (exact) mass is 261 g/mol. The molecule has 0 amide bonds. The van der Waals surface area contributed by atoms with E-state index in [1.54, 1.807) is 6.92 Å². The van der Waals surface area contributed by atoms with E-state index in [2.05, 4.69) is 17.9 Å². The second-order valence-electron chi connectivity index (χ2n) is 6.07. The quantitative estimate of drug-likeness (QED) is 0.589. The number of hydrogen-bond donors (Lipinski definition) is 2. The number of carboxylic acids is 1. The van der Waals surface area contributed by atoms with Crippen molar-refractivity contribution in [2.24, 2.45) is 10.8 Å². The van der Waals surface area contributed by atoms with Crippen molar-refractivity contribution < 1.29 is 15.0 Å². The first-order chi connectivity index (χ1) is 8.58. The Kier molecular flexibility index (Phi) is 3.79. The van der Waals surface area contributed by atoms with Gasteiger partial charge in [-0.05, 0) is 19.8 Å². The van der Waals surface area contributed by atoms with Crippen LogP contribution in [-0.4, -0.2) is 21.8 Å². The van der Waals surface area contributed by atoms with E-state index in [0.717, 1.165) is 6.08 Å². The molecule has 102 valence electrons. The first kappa shape index (κ1) is 15.3. The molecule has 1 aliphatic rings. The Balaban J connectivity index is 3.21. The van der Waals surface area contributed by atoms with E-state index in [0.29, 0.717) is 18.4 Å². The lowest BCUT2D eigenvalue weighted by molar-refractivity contribution is -0.131. The normalized spacial score (nSPS) is 20.5. The molecular weight excluding hydrogens is 242 g/mol. The van der Waals surface area contributed by atoms with E-state index >= 15 is 0 Å². The zero-order valence-electron chi connectivity index (χ0n) is 11.7. The SMILES string of the molecule is C/C(C#C[C@](O)(C(C)(C)C)C1(C#N)CC1)=C/C(=O)O. The first-order valence-electron chi connectivity index (χ1n) is 6.16. The van der Waals surface area contributed by atoms with Crippen LogP contribution in [0.3, 0.4) is 0 Å². The molecule has 1 aliphatic carbocycles. The summed E-state index contributed by atoms with van der Waals surface area (Å²) in [5.74, 6) is 4.34. The maximum Gasteiger partial charge on any atom is 0.329 e. The number of nitriles is 1. The highest BCUT2D eigenvalue weighted by Gasteiger charge is 2.64. The van der Waals surface area contributed by atoms with Crippen LogP contribution in [0.2, 0.25) is 0 Å². The van der Waals surface area contributed by atoms with Crippen LogP contribution in [0, 0.1) is 34.0 Å². The molecule has 4 heteroatoms. The largest absolute Gasteiger partial charge is 0.478 e. The van der Waals surface area contributed by atoms with Gasteiger partial charge in [-0.15, -0.1) is 0 Å². The molecular formula is C15H19NO3. The van der Waals surface area contributed by atoms with Crippen molar-refractivity contribution in [1.82, 2.24) is 0 Å². The van der Waals surface area contributed by atoms with Gasteiger partial charge < -0.3 is 10.2 Å². The van der Waals surface area contributed by atoms with Crippen LogP contribution >= 0.6 is 0 Å². The average molecular weight is 261 g/mol. The summed E-state index contributed by atoms with van der Waals surface area (Å²) >= 11 is 0. The number of carboxylic acid groups (broad SMARTS) is 1. The minimum atomic E-state index is -1.44. The molecule has 0 radical (unpaired) electrons. The number of rotatable bonds is 2. The number of aliphatic hydroxyl groups is 1. The highest BCUT2D eigenvalue weighted by molar-refractivity contribution is 5.81. The molecule has 0 aromatic carbocycles. The Bertz CT molecular complexity index is 518. The standard InChI is InChI=1S/C15H19NO3/c1-11(9-12(17)18)5-6-15(19,13(2,3)4)14(10-16)7-8-14/h9,19H,7-8H2,1-4H3,(H,17,18)/b11-9-/t15-/m0/s1. The summed E-state index contributed by atoms with van der Waals surface area (Å²) in [6.45, 7) is 7.05. The van der Waals surface area contributed by atoms with Crippen molar-refractivity contribution in [2.45, 2.75) is 46.1 Å². The molecule has 0 aromatic rings. The molecule has 19 heavy (non-hydrogen) atoms. The van der Waals surface area contributed by atoms with Crippen molar-refractivity contribution >= 4 is 5.97 Å². The molecule has 1 rings (SSSR count). The fraction of sp³-hybridized carbons (Fsp3) is 0.600. The molecule has 0 saturated heterocycles. The molecule has 1 fully saturated rings. The summed E-state index contributed by atoms with van der Waals surface area (Å²) in [4.78, 5) is 10.5. The van der Waals surface area contributed by atoms with Crippen molar-refractivity contribution in [1.29, 1.82) is 5.26 Å². The van der Waals surface area contributed by atoms with Gasteiger partial charge in [-0.25, -0.2) is 4.79 Å². The van der Waals surface area contributed by atoms with Gasteiger partial charge in [0, 0.05) is 17.1 Å². The molecule has 0 bridgehead atoms. The number of aliphatic carboxylic acids is 1. The van der Waals surface area contributed by atoms with Gasteiger partial charge in [-0.1, -0.05) is 32.6 Å². The molecule has 0 aliphatic heterocycles. The molecule has 2 N–H and O–H groups in total. The van der Waals surface area contributed by atoms with E-state index in [1.165, 1.54) is 0 Å². The Morgan fingerprint density at radius 2 is 1.89 bits per heavy atom. The third-order valence-electron chi connectivity index (χ3n) is 3.52. The van der Waals surface area contributed by atoms with Crippen molar-refractivity contribution in [3.05, 3.63) is 11.6 Å². The highest BCUT2D eigenvalue weighted by Crippen LogP contribution is 2.59. The highest BCUT2D eigenvalue weighted by atomic mass is 16.4. The minimum Gasteiger partial charge on any atom is -0.478 e. The molecule has 1 atom stereocenters. The van der Waals surface area contributed by atoms with Gasteiger partial charge in [0.15, 0.2) is 0 Å². The summed E-state index contributed by atoms with van der Waals surface area (Å²) in [6.07, 6.45) is 2.23. The smallest absolute Gasteiger partial charge is 0.329 e. The number of allylic oxidation sites excluding steroid dienone is 1. The zero-order valence-corrected chi connectivity index (χ0v) is 11.7. The van der Waals surface area contributed by atoms with Crippen LogP contribution in [0.15, 0.2) is 11.6 Å². The van der Waals surface area contributed by atoms with Crippen LogP contribution in [-0.2, 0) is 4.79 Å². The Hall–Kier alpha value is -1.78. The van der Waals surface area contributed by atoms with E-state index in [1.807, 2.05) is 20.8 Å².